The number of thioether (sulfide) groups is 1. The molecule has 3 aromatic rings. The maximum absolute atomic E-state index is 12.1. The van der Waals surface area contributed by atoms with Crippen LogP contribution in [0.2, 0.25) is 0 Å². The van der Waals surface area contributed by atoms with Crippen molar-refractivity contribution in [2.24, 2.45) is 5.92 Å². The Morgan fingerprint density at radius 1 is 0.907 bits per heavy atom. The molecule has 1 fully saturated rings. The second-order valence-electron chi connectivity index (χ2n) is 10.3. The molecule has 1 aliphatic heterocycles. The van der Waals surface area contributed by atoms with Gasteiger partial charge >= 0.3 is 12.0 Å². The minimum Gasteiger partial charge on any atom is -0.465 e. The van der Waals surface area contributed by atoms with Crippen LogP contribution in [-0.4, -0.2) is 59.6 Å². The van der Waals surface area contributed by atoms with Gasteiger partial charge in [0.2, 0.25) is 0 Å². The van der Waals surface area contributed by atoms with E-state index in [1.807, 2.05) is 72.8 Å². The fraction of sp³-hybridized carbons (Fsp3) is 0.394. The lowest BCUT2D eigenvalue weighted by Crippen LogP contribution is -2.38. The first-order valence-corrected chi connectivity index (χ1v) is 15.6. The van der Waals surface area contributed by atoms with Gasteiger partial charge in [-0.15, -0.1) is 0 Å². The van der Waals surface area contributed by atoms with E-state index in [0.717, 1.165) is 39.1 Å². The lowest BCUT2D eigenvalue weighted by atomic mass is 9.91. The molecule has 0 radical (unpaired) electrons. The normalized spacial score (nSPS) is 19.9. The van der Waals surface area contributed by atoms with Crippen molar-refractivity contribution in [3.8, 4) is 11.1 Å². The molecule has 0 unspecified atom stereocenters. The number of rotatable bonds is 13. The average molecular weight is 609 g/mol. The lowest BCUT2D eigenvalue weighted by molar-refractivity contribution is -0.268. The fourth-order valence-electron chi connectivity index (χ4n) is 4.88. The number of ether oxygens (including phenoxy) is 3. The molecule has 43 heavy (non-hydrogen) atoms. The molecule has 2 amide bonds. The molecule has 0 bridgehead atoms. The van der Waals surface area contributed by atoms with Crippen molar-refractivity contribution < 1.29 is 34.0 Å². The maximum Gasteiger partial charge on any atom is 0.325 e. The summed E-state index contributed by atoms with van der Waals surface area (Å²) in [4.78, 5) is 23.5. The third kappa shape index (κ3) is 9.29. The highest BCUT2D eigenvalue weighted by Gasteiger charge is 2.38. The predicted molar refractivity (Wildman–Crippen MR) is 166 cm³/mol. The third-order valence-electron chi connectivity index (χ3n) is 7.24. The van der Waals surface area contributed by atoms with Gasteiger partial charge in [0.25, 0.3) is 0 Å². The molecule has 230 valence electrons. The molecule has 0 aliphatic carbocycles. The SMILES string of the molecule is CCOC(=O)CNC(=O)NCc1cccc(-c2ccc([C@@H]3O[C@H](CSCCO)[C@H](C)[C@H](c4ccc(CO)cc4)O3)cc2)c1. The summed E-state index contributed by atoms with van der Waals surface area (Å²) in [5.41, 5.74) is 5.71. The van der Waals surface area contributed by atoms with Crippen LogP contribution in [0.1, 0.15) is 48.5 Å². The van der Waals surface area contributed by atoms with Crippen LogP contribution in [0, 0.1) is 5.92 Å². The van der Waals surface area contributed by atoms with Gasteiger partial charge in [-0.05, 0) is 40.8 Å². The van der Waals surface area contributed by atoms with Crippen molar-refractivity contribution >= 4 is 23.8 Å². The van der Waals surface area contributed by atoms with Gasteiger partial charge in [-0.2, -0.15) is 11.8 Å². The highest BCUT2D eigenvalue weighted by molar-refractivity contribution is 7.99. The van der Waals surface area contributed by atoms with Crippen molar-refractivity contribution in [2.75, 3.05) is 31.3 Å². The first-order chi connectivity index (χ1) is 20.9. The second kappa shape index (κ2) is 16.4. The molecule has 1 saturated heterocycles. The maximum atomic E-state index is 12.1. The second-order valence-corrected chi connectivity index (χ2v) is 11.4. The topological polar surface area (TPSA) is 126 Å². The Balaban J connectivity index is 1.43. The van der Waals surface area contributed by atoms with Crippen LogP contribution in [0.4, 0.5) is 4.79 Å². The number of hydrogen-bond donors (Lipinski definition) is 4. The molecule has 0 saturated carbocycles. The van der Waals surface area contributed by atoms with Gasteiger partial charge in [-0.1, -0.05) is 73.7 Å². The number of aliphatic hydroxyl groups excluding tert-OH is 2. The van der Waals surface area contributed by atoms with Crippen molar-refractivity contribution in [2.45, 2.75) is 45.5 Å². The van der Waals surface area contributed by atoms with Crippen LogP contribution in [-0.2, 0) is 32.2 Å². The summed E-state index contributed by atoms with van der Waals surface area (Å²) in [6, 6.07) is 23.3. The number of nitrogens with one attached hydrogen (secondary N) is 2. The third-order valence-corrected chi connectivity index (χ3v) is 8.27. The Hall–Kier alpha value is -3.41. The van der Waals surface area contributed by atoms with E-state index in [-0.39, 0.29) is 44.5 Å². The van der Waals surface area contributed by atoms with Gasteiger partial charge in [-0.3, -0.25) is 4.79 Å². The van der Waals surface area contributed by atoms with E-state index in [1.54, 1.807) is 18.7 Å². The zero-order valence-electron chi connectivity index (χ0n) is 24.5. The molecule has 1 aliphatic rings. The van der Waals surface area contributed by atoms with E-state index in [9.17, 15) is 19.8 Å². The Kier molecular flexibility index (Phi) is 12.4. The molecule has 0 spiro atoms. The van der Waals surface area contributed by atoms with Gasteiger partial charge < -0.3 is 35.1 Å². The number of aliphatic hydroxyl groups is 2. The molecule has 9 nitrogen and oxygen atoms in total. The van der Waals surface area contributed by atoms with Crippen molar-refractivity contribution in [1.82, 2.24) is 10.6 Å². The van der Waals surface area contributed by atoms with Gasteiger partial charge in [0.15, 0.2) is 6.29 Å². The smallest absolute Gasteiger partial charge is 0.325 e. The van der Waals surface area contributed by atoms with E-state index < -0.39 is 18.3 Å². The Morgan fingerprint density at radius 3 is 2.35 bits per heavy atom. The molecule has 4 N–H and O–H groups in total. The van der Waals surface area contributed by atoms with E-state index in [1.165, 1.54) is 0 Å². The summed E-state index contributed by atoms with van der Waals surface area (Å²) in [6.45, 7) is 4.34. The van der Waals surface area contributed by atoms with Crippen LogP contribution in [0.3, 0.4) is 0 Å². The summed E-state index contributed by atoms with van der Waals surface area (Å²) >= 11 is 1.66. The van der Waals surface area contributed by atoms with Crippen LogP contribution in [0.5, 0.6) is 0 Å². The number of urea groups is 1. The molecule has 4 rings (SSSR count). The zero-order chi connectivity index (χ0) is 30.6. The summed E-state index contributed by atoms with van der Waals surface area (Å²) in [7, 11) is 0. The van der Waals surface area contributed by atoms with Gasteiger partial charge in [0.1, 0.15) is 6.54 Å². The minimum absolute atomic E-state index is 0.00819. The summed E-state index contributed by atoms with van der Waals surface area (Å²) in [5, 5.41) is 24.0. The minimum atomic E-state index is -0.559. The predicted octanol–water partition coefficient (Wildman–Crippen LogP) is 4.73. The Bertz CT molecular complexity index is 1320. The standard InChI is InChI=1S/C33H40N2O7S/c1-3-40-30(38)19-35-33(39)34-18-24-5-4-6-28(17-24)25-11-13-27(14-12-25)32-41-29(21-43-16-15-36)22(2)31(42-32)26-9-7-23(20-37)8-10-26/h4-14,17,22,29,31-32,36-37H,3,15-16,18-21H2,1-2H3,(H2,34,35,39)/t22-,29+,31+,32+/m0/s1. The monoisotopic (exact) mass is 608 g/mol. The highest BCUT2D eigenvalue weighted by Crippen LogP contribution is 2.42. The quantitative estimate of drug-likeness (QED) is 0.162. The fourth-order valence-corrected chi connectivity index (χ4v) is 5.79. The molecule has 10 heteroatoms. The van der Waals surface area contributed by atoms with Crippen LogP contribution in [0.15, 0.2) is 72.8 Å². The average Bonchev–Trinajstić information content (AvgIpc) is 3.04. The number of benzene rings is 3. The molecular formula is C33H40N2O7S. The highest BCUT2D eigenvalue weighted by atomic mass is 32.2. The summed E-state index contributed by atoms with van der Waals surface area (Å²) < 4.78 is 17.8. The number of hydrogen-bond acceptors (Lipinski definition) is 8. The number of carbonyl (C=O) groups is 2. The van der Waals surface area contributed by atoms with E-state index in [2.05, 4.69) is 17.6 Å². The Labute approximate surface area is 256 Å². The Morgan fingerprint density at radius 2 is 1.65 bits per heavy atom. The molecular weight excluding hydrogens is 568 g/mol. The zero-order valence-corrected chi connectivity index (χ0v) is 25.3. The van der Waals surface area contributed by atoms with Crippen molar-refractivity contribution in [3.05, 3.63) is 95.1 Å². The molecule has 1 heterocycles. The van der Waals surface area contributed by atoms with Crippen LogP contribution >= 0.6 is 11.8 Å². The van der Waals surface area contributed by atoms with Crippen molar-refractivity contribution in [1.29, 1.82) is 0 Å². The lowest BCUT2D eigenvalue weighted by Gasteiger charge is -2.41. The van der Waals surface area contributed by atoms with Crippen LogP contribution in [0.25, 0.3) is 11.1 Å². The number of carbonyl (C=O) groups excluding carboxylic acids is 2. The number of esters is 1. The first kappa shape index (κ1) is 32.5. The molecule has 3 aromatic carbocycles. The summed E-state index contributed by atoms with van der Waals surface area (Å²) in [5.74, 6) is 0.998. The largest absolute Gasteiger partial charge is 0.465 e. The summed E-state index contributed by atoms with van der Waals surface area (Å²) in [6.07, 6.45) is -0.822. The van der Waals surface area contributed by atoms with Gasteiger partial charge in [0.05, 0.1) is 32.0 Å². The van der Waals surface area contributed by atoms with Crippen molar-refractivity contribution in [3.63, 3.8) is 0 Å². The first-order valence-electron chi connectivity index (χ1n) is 14.5. The van der Waals surface area contributed by atoms with Gasteiger partial charge in [-0.25, -0.2) is 4.79 Å². The van der Waals surface area contributed by atoms with E-state index in [0.29, 0.717) is 12.3 Å². The number of amides is 2. The van der Waals surface area contributed by atoms with Crippen LogP contribution < -0.4 is 10.6 Å². The van der Waals surface area contributed by atoms with E-state index >= 15 is 0 Å². The molecule has 0 aromatic heterocycles. The van der Waals surface area contributed by atoms with E-state index in [4.69, 9.17) is 14.2 Å². The molecule has 4 atom stereocenters. The van der Waals surface area contributed by atoms with Gasteiger partial charge in [0, 0.05) is 29.5 Å².